The average Bonchev–Trinajstić information content (AvgIpc) is 2.54. The summed E-state index contributed by atoms with van der Waals surface area (Å²) in [4.78, 5) is 18.9. The van der Waals surface area contributed by atoms with E-state index in [9.17, 15) is 9.90 Å². The molecule has 0 aliphatic rings. The molecule has 0 radical (unpaired) electrons. The van der Waals surface area contributed by atoms with Gasteiger partial charge in [0.1, 0.15) is 5.69 Å². The Morgan fingerprint density at radius 2 is 1.90 bits per heavy atom. The summed E-state index contributed by atoms with van der Waals surface area (Å²) < 4.78 is 0. The van der Waals surface area contributed by atoms with E-state index < -0.39 is 0 Å². The van der Waals surface area contributed by atoms with Gasteiger partial charge in [0, 0.05) is 18.0 Å². The summed E-state index contributed by atoms with van der Waals surface area (Å²) in [7, 11) is 0. The van der Waals surface area contributed by atoms with E-state index in [0.29, 0.717) is 12.2 Å². The van der Waals surface area contributed by atoms with Crippen LogP contribution in [0.2, 0.25) is 0 Å². The molecule has 0 aliphatic heterocycles. The van der Waals surface area contributed by atoms with E-state index in [1.54, 1.807) is 11.0 Å². The minimum Gasteiger partial charge on any atom is -0.395 e. The monoisotopic (exact) mass is 286 g/mol. The molecule has 112 valence electrons. The van der Waals surface area contributed by atoms with Gasteiger partial charge in [-0.05, 0) is 25.0 Å². The number of aliphatic hydroxyl groups excluding tert-OH is 1. The molecular weight excluding hydrogens is 264 g/mol. The smallest absolute Gasteiger partial charge is 0.272 e. The lowest BCUT2D eigenvalue weighted by Crippen LogP contribution is -2.41. The molecular formula is C17H22N2O2. The summed E-state index contributed by atoms with van der Waals surface area (Å²) >= 11 is 0. The van der Waals surface area contributed by atoms with Gasteiger partial charge in [-0.15, -0.1) is 0 Å². The van der Waals surface area contributed by atoms with Gasteiger partial charge in [0.25, 0.3) is 5.91 Å². The average molecular weight is 286 g/mol. The minimum atomic E-state index is -0.108. The van der Waals surface area contributed by atoms with Crippen LogP contribution in [0.3, 0.4) is 0 Å². The molecule has 0 bridgehead atoms. The number of para-hydroxylation sites is 1. The third-order valence-electron chi connectivity index (χ3n) is 3.80. The Balaban J connectivity index is 2.33. The molecule has 2 aromatic rings. The highest BCUT2D eigenvalue weighted by atomic mass is 16.3. The Labute approximate surface area is 125 Å². The van der Waals surface area contributed by atoms with Crippen molar-refractivity contribution in [3.05, 3.63) is 42.1 Å². The standard InChI is InChI=1S/C17H22N2O2/c1-3-14(4-2)19(11-12-20)17(21)16-10-9-13-7-5-6-8-15(13)18-16/h5-10,14,20H,3-4,11-12H2,1-2H3. The van der Waals surface area contributed by atoms with Crippen molar-refractivity contribution in [2.24, 2.45) is 0 Å². The van der Waals surface area contributed by atoms with Gasteiger partial charge in [0.15, 0.2) is 0 Å². The molecule has 1 aromatic carbocycles. The van der Waals surface area contributed by atoms with Crippen LogP contribution in [0.1, 0.15) is 37.2 Å². The number of pyridine rings is 1. The fourth-order valence-corrected chi connectivity index (χ4v) is 2.62. The van der Waals surface area contributed by atoms with E-state index in [4.69, 9.17) is 0 Å². The summed E-state index contributed by atoms with van der Waals surface area (Å²) in [5.41, 5.74) is 1.26. The maximum atomic E-state index is 12.7. The lowest BCUT2D eigenvalue weighted by Gasteiger charge is -2.29. The molecule has 4 nitrogen and oxygen atoms in total. The zero-order chi connectivity index (χ0) is 15.2. The summed E-state index contributed by atoms with van der Waals surface area (Å²) in [6.07, 6.45) is 1.74. The van der Waals surface area contributed by atoms with E-state index in [-0.39, 0.29) is 18.6 Å². The molecule has 0 aliphatic carbocycles. The number of aliphatic hydroxyl groups is 1. The second kappa shape index (κ2) is 7.18. The third-order valence-corrected chi connectivity index (χ3v) is 3.80. The minimum absolute atomic E-state index is 0.0319. The first-order valence-electron chi connectivity index (χ1n) is 7.48. The van der Waals surface area contributed by atoms with Crippen molar-refractivity contribution in [3.63, 3.8) is 0 Å². The van der Waals surface area contributed by atoms with Gasteiger partial charge in [-0.25, -0.2) is 4.98 Å². The SMILES string of the molecule is CCC(CC)N(CCO)C(=O)c1ccc2ccccc2n1. The Bertz CT molecular complexity index is 609. The summed E-state index contributed by atoms with van der Waals surface area (Å²) in [5.74, 6) is -0.108. The first kappa shape index (κ1) is 15.4. The quantitative estimate of drug-likeness (QED) is 0.888. The van der Waals surface area contributed by atoms with E-state index in [2.05, 4.69) is 18.8 Å². The molecule has 0 atom stereocenters. The number of benzene rings is 1. The Morgan fingerprint density at radius 1 is 1.19 bits per heavy atom. The highest BCUT2D eigenvalue weighted by Crippen LogP contribution is 2.16. The highest BCUT2D eigenvalue weighted by Gasteiger charge is 2.22. The van der Waals surface area contributed by atoms with Crippen molar-refractivity contribution in [1.29, 1.82) is 0 Å². The van der Waals surface area contributed by atoms with E-state index >= 15 is 0 Å². The van der Waals surface area contributed by atoms with Crippen molar-refractivity contribution < 1.29 is 9.90 Å². The number of fused-ring (bicyclic) bond motifs is 1. The number of carbonyl (C=O) groups is 1. The van der Waals surface area contributed by atoms with E-state index in [1.165, 1.54) is 0 Å². The number of aromatic nitrogens is 1. The van der Waals surface area contributed by atoms with Crippen molar-refractivity contribution in [2.75, 3.05) is 13.2 Å². The summed E-state index contributed by atoms with van der Waals surface area (Å²) in [6.45, 7) is 4.43. The number of amides is 1. The molecule has 0 fully saturated rings. The van der Waals surface area contributed by atoms with Gasteiger partial charge in [-0.2, -0.15) is 0 Å². The van der Waals surface area contributed by atoms with Gasteiger partial charge in [-0.1, -0.05) is 38.1 Å². The van der Waals surface area contributed by atoms with Crippen LogP contribution in [0, 0.1) is 0 Å². The maximum absolute atomic E-state index is 12.7. The van der Waals surface area contributed by atoms with Gasteiger partial charge in [0.2, 0.25) is 0 Å². The Hall–Kier alpha value is -1.94. The summed E-state index contributed by atoms with van der Waals surface area (Å²) in [5, 5.41) is 10.2. The van der Waals surface area contributed by atoms with Crippen molar-refractivity contribution >= 4 is 16.8 Å². The topological polar surface area (TPSA) is 53.4 Å². The predicted molar refractivity (Wildman–Crippen MR) is 84.2 cm³/mol. The lowest BCUT2D eigenvalue weighted by molar-refractivity contribution is 0.0617. The van der Waals surface area contributed by atoms with Crippen molar-refractivity contribution in [3.8, 4) is 0 Å². The van der Waals surface area contributed by atoms with Crippen LogP contribution in [0.25, 0.3) is 10.9 Å². The molecule has 21 heavy (non-hydrogen) atoms. The fourth-order valence-electron chi connectivity index (χ4n) is 2.62. The first-order valence-corrected chi connectivity index (χ1v) is 7.48. The number of rotatable bonds is 6. The predicted octanol–water partition coefficient (Wildman–Crippen LogP) is 2.86. The molecule has 0 saturated carbocycles. The second-order valence-electron chi connectivity index (χ2n) is 5.08. The molecule has 2 rings (SSSR count). The van der Waals surface area contributed by atoms with E-state index in [0.717, 1.165) is 23.7 Å². The summed E-state index contributed by atoms with van der Waals surface area (Å²) in [6, 6.07) is 11.6. The largest absolute Gasteiger partial charge is 0.395 e. The van der Waals surface area contributed by atoms with Gasteiger partial charge in [0.05, 0.1) is 12.1 Å². The van der Waals surface area contributed by atoms with Crippen molar-refractivity contribution in [1.82, 2.24) is 9.88 Å². The normalized spacial score (nSPS) is 11.0. The molecule has 0 saturated heterocycles. The third kappa shape index (κ3) is 3.39. The first-order chi connectivity index (χ1) is 10.2. The van der Waals surface area contributed by atoms with Gasteiger partial charge in [-0.3, -0.25) is 4.79 Å². The van der Waals surface area contributed by atoms with Crippen LogP contribution in [-0.4, -0.2) is 40.1 Å². The number of nitrogens with zero attached hydrogens (tertiary/aromatic N) is 2. The highest BCUT2D eigenvalue weighted by molar-refractivity contribution is 5.95. The Kier molecular flexibility index (Phi) is 5.28. The zero-order valence-corrected chi connectivity index (χ0v) is 12.6. The lowest BCUT2D eigenvalue weighted by atomic mass is 10.1. The van der Waals surface area contributed by atoms with Crippen molar-refractivity contribution in [2.45, 2.75) is 32.7 Å². The number of carbonyl (C=O) groups excluding carboxylic acids is 1. The van der Waals surface area contributed by atoms with Crippen LogP contribution in [0.5, 0.6) is 0 Å². The maximum Gasteiger partial charge on any atom is 0.272 e. The molecule has 1 aromatic heterocycles. The Morgan fingerprint density at radius 3 is 2.57 bits per heavy atom. The fraction of sp³-hybridized carbons (Fsp3) is 0.412. The number of hydrogen-bond acceptors (Lipinski definition) is 3. The van der Waals surface area contributed by atoms with Gasteiger partial charge < -0.3 is 10.0 Å². The number of hydrogen-bond donors (Lipinski definition) is 1. The zero-order valence-electron chi connectivity index (χ0n) is 12.6. The molecule has 1 amide bonds. The van der Waals surface area contributed by atoms with Crippen LogP contribution in [0.15, 0.2) is 36.4 Å². The molecule has 0 spiro atoms. The van der Waals surface area contributed by atoms with Crippen LogP contribution >= 0.6 is 0 Å². The second-order valence-corrected chi connectivity index (χ2v) is 5.08. The van der Waals surface area contributed by atoms with Crippen LogP contribution < -0.4 is 0 Å². The van der Waals surface area contributed by atoms with Gasteiger partial charge >= 0.3 is 0 Å². The molecule has 0 unspecified atom stereocenters. The molecule has 4 heteroatoms. The van der Waals surface area contributed by atoms with Crippen LogP contribution in [-0.2, 0) is 0 Å². The molecule has 1 N–H and O–H groups in total. The van der Waals surface area contributed by atoms with Crippen LogP contribution in [0.4, 0.5) is 0 Å². The van der Waals surface area contributed by atoms with E-state index in [1.807, 2.05) is 30.3 Å². The molecule has 1 heterocycles.